The van der Waals surface area contributed by atoms with Crippen molar-refractivity contribution in [1.82, 2.24) is 9.97 Å². The molecule has 1 aliphatic rings. The first-order chi connectivity index (χ1) is 7.19. The predicted octanol–water partition coefficient (Wildman–Crippen LogP) is 0.764. The van der Waals surface area contributed by atoms with Crippen LogP contribution in [0.4, 0.5) is 11.8 Å². The van der Waals surface area contributed by atoms with E-state index < -0.39 is 0 Å². The van der Waals surface area contributed by atoms with Crippen LogP contribution in [0.5, 0.6) is 0 Å². The first-order valence-electron chi connectivity index (χ1n) is 5.09. The Labute approximate surface area is 88.9 Å². The number of aromatic nitrogens is 2. The monoisotopic (exact) mass is 208 g/mol. The molecule has 3 N–H and O–H groups in total. The summed E-state index contributed by atoms with van der Waals surface area (Å²) in [5, 5.41) is 15.4. The van der Waals surface area contributed by atoms with Crippen molar-refractivity contribution in [3.05, 3.63) is 11.8 Å². The Morgan fingerprint density at radius 3 is 2.80 bits per heavy atom. The lowest BCUT2D eigenvalue weighted by Crippen LogP contribution is -2.26. The number of aliphatic hydroxyl groups is 1. The molecule has 15 heavy (non-hydrogen) atoms. The molecule has 0 bridgehead atoms. The molecule has 0 amide bonds. The smallest absolute Gasteiger partial charge is 0.224 e. The second-order valence-corrected chi connectivity index (χ2v) is 4.04. The molecular formula is C10H16N4O. The lowest BCUT2D eigenvalue weighted by molar-refractivity contribution is 0.266. The number of rotatable bonds is 4. The van der Waals surface area contributed by atoms with Crippen LogP contribution in [0.15, 0.2) is 6.20 Å². The van der Waals surface area contributed by atoms with Crippen molar-refractivity contribution < 1.29 is 5.11 Å². The Balaban J connectivity index is 2.19. The molecule has 0 spiro atoms. The quantitative estimate of drug-likeness (QED) is 0.681. The van der Waals surface area contributed by atoms with E-state index in [4.69, 9.17) is 0 Å². The van der Waals surface area contributed by atoms with E-state index in [2.05, 4.69) is 20.6 Å². The summed E-state index contributed by atoms with van der Waals surface area (Å²) in [4.78, 5) is 8.43. The van der Waals surface area contributed by atoms with Crippen LogP contribution in [0.1, 0.15) is 18.4 Å². The Morgan fingerprint density at radius 1 is 1.53 bits per heavy atom. The number of nitrogens with one attached hydrogen (secondary N) is 2. The van der Waals surface area contributed by atoms with Gasteiger partial charge in [0.05, 0.1) is 12.1 Å². The van der Waals surface area contributed by atoms with Crippen molar-refractivity contribution in [2.45, 2.75) is 25.3 Å². The fourth-order valence-electron chi connectivity index (χ4n) is 1.41. The van der Waals surface area contributed by atoms with Crippen LogP contribution in [0.3, 0.4) is 0 Å². The van der Waals surface area contributed by atoms with E-state index in [1.54, 1.807) is 13.2 Å². The number of aliphatic hydroxyl groups excluding tert-OH is 1. The summed E-state index contributed by atoms with van der Waals surface area (Å²) in [5.41, 5.74) is 0.859. The Morgan fingerprint density at radius 2 is 2.27 bits per heavy atom. The number of hydrogen-bond donors (Lipinski definition) is 3. The molecular weight excluding hydrogens is 192 g/mol. The third-order valence-electron chi connectivity index (χ3n) is 2.74. The lowest BCUT2D eigenvalue weighted by atomic mass is 10.2. The summed E-state index contributed by atoms with van der Waals surface area (Å²) in [5.74, 6) is 1.40. The Kier molecular flexibility index (Phi) is 2.48. The van der Waals surface area contributed by atoms with E-state index >= 15 is 0 Å². The molecule has 0 radical (unpaired) electrons. The van der Waals surface area contributed by atoms with Crippen LogP contribution in [-0.2, 0) is 0 Å². The van der Waals surface area contributed by atoms with Gasteiger partial charge in [0.25, 0.3) is 0 Å². The molecule has 0 saturated heterocycles. The Bertz CT molecular complexity index is 362. The normalized spacial score (nSPS) is 17.3. The maximum Gasteiger partial charge on any atom is 0.224 e. The molecule has 5 nitrogen and oxygen atoms in total. The average Bonchev–Trinajstić information content (AvgIpc) is 3.02. The van der Waals surface area contributed by atoms with Crippen LogP contribution >= 0.6 is 0 Å². The first kappa shape index (κ1) is 10.2. The molecule has 1 aromatic rings. The molecule has 5 heteroatoms. The number of nitrogens with zero attached hydrogens (tertiary/aromatic N) is 2. The molecule has 1 heterocycles. The summed E-state index contributed by atoms with van der Waals surface area (Å²) in [7, 11) is 1.79. The summed E-state index contributed by atoms with van der Waals surface area (Å²) >= 11 is 0. The molecule has 2 rings (SSSR count). The van der Waals surface area contributed by atoms with E-state index in [-0.39, 0.29) is 12.1 Å². The van der Waals surface area contributed by atoms with Gasteiger partial charge in [-0.05, 0) is 19.8 Å². The fourth-order valence-corrected chi connectivity index (χ4v) is 1.41. The minimum absolute atomic E-state index is 0.135. The molecule has 1 aromatic heterocycles. The molecule has 1 fully saturated rings. The highest BCUT2D eigenvalue weighted by atomic mass is 16.3. The van der Waals surface area contributed by atoms with Crippen molar-refractivity contribution in [3.8, 4) is 0 Å². The van der Waals surface area contributed by atoms with E-state index in [1.807, 2.05) is 6.92 Å². The minimum atomic E-state index is -0.135. The van der Waals surface area contributed by atoms with Crippen molar-refractivity contribution in [3.63, 3.8) is 0 Å². The number of hydrogen-bond acceptors (Lipinski definition) is 5. The zero-order valence-electron chi connectivity index (χ0n) is 9.04. The molecule has 1 saturated carbocycles. The third kappa shape index (κ3) is 2.02. The maximum atomic E-state index is 9.21. The number of aryl methyl sites for hydroxylation is 1. The minimum Gasteiger partial charge on any atom is -0.394 e. The summed E-state index contributed by atoms with van der Waals surface area (Å²) in [6, 6.07) is 0. The van der Waals surface area contributed by atoms with Crippen molar-refractivity contribution in [1.29, 1.82) is 0 Å². The summed E-state index contributed by atoms with van der Waals surface area (Å²) < 4.78 is 0. The van der Waals surface area contributed by atoms with Gasteiger partial charge in [-0.2, -0.15) is 4.98 Å². The van der Waals surface area contributed by atoms with Gasteiger partial charge >= 0.3 is 0 Å². The number of anilines is 2. The highest BCUT2D eigenvalue weighted by Crippen LogP contribution is 2.38. The predicted molar refractivity (Wildman–Crippen MR) is 59.0 cm³/mol. The summed E-state index contributed by atoms with van der Waals surface area (Å²) in [6.07, 6.45) is 3.78. The van der Waals surface area contributed by atoms with E-state index in [1.165, 1.54) is 0 Å². The zero-order valence-corrected chi connectivity index (χ0v) is 9.04. The standard InChI is InChI=1S/C10H16N4O/c1-7-5-12-9(11-2)13-8(7)14-10(6-15)3-4-10/h5,15H,3-4,6H2,1-2H3,(H2,11,12,13,14). The van der Waals surface area contributed by atoms with Gasteiger partial charge in [0.15, 0.2) is 0 Å². The van der Waals surface area contributed by atoms with Gasteiger partial charge in [0.1, 0.15) is 5.82 Å². The van der Waals surface area contributed by atoms with Gasteiger partial charge in [-0.25, -0.2) is 4.98 Å². The fraction of sp³-hybridized carbons (Fsp3) is 0.600. The van der Waals surface area contributed by atoms with Gasteiger partial charge in [-0.3, -0.25) is 0 Å². The van der Waals surface area contributed by atoms with E-state index in [0.717, 1.165) is 24.2 Å². The average molecular weight is 208 g/mol. The van der Waals surface area contributed by atoms with Crippen molar-refractivity contribution in [2.75, 3.05) is 24.3 Å². The highest BCUT2D eigenvalue weighted by molar-refractivity contribution is 5.49. The summed E-state index contributed by atoms with van der Waals surface area (Å²) in [6.45, 7) is 2.11. The molecule has 0 aromatic carbocycles. The van der Waals surface area contributed by atoms with E-state index in [9.17, 15) is 5.11 Å². The Hall–Kier alpha value is -1.36. The van der Waals surface area contributed by atoms with Crippen LogP contribution in [0.25, 0.3) is 0 Å². The SMILES string of the molecule is CNc1ncc(C)c(NC2(CO)CC2)n1. The van der Waals surface area contributed by atoms with Gasteiger partial charge in [-0.1, -0.05) is 0 Å². The van der Waals surface area contributed by atoms with Crippen LogP contribution in [0.2, 0.25) is 0 Å². The van der Waals surface area contributed by atoms with Crippen molar-refractivity contribution in [2.24, 2.45) is 0 Å². The van der Waals surface area contributed by atoms with Crippen LogP contribution in [-0.4, -0.2) is 34.3 Å². The molecule has 0 unspecified atom stereocenters. The van der Waals surface area contributed by atoms with Gasteiger partial charge in [-0.15, -0.1) is 0 Å². The first-order valence-corrected chi connectivity index (χ1v) is 5.09. The third-order valence-corrected chi connectivity index (χ3v) is 2.74. The molecule has 82 valence electrons. The molecule has 1 aliphatic carbocycles. The van der Waals surface area contributed by atoms with Gasteiger partial charge < -0.3 is 15.7 Å². The van der Waals surface area contributed by atoms with Gasteiger partial charge in [0, 0.05) is 18.8 Å². The molecule has 0 atom stereocenters. The molecule has 0 aliphatic heterocycles. The van der Waals surface area contributed by atoms with Crippen LogP contribution in [0, 0.1) is 6.92 Å². The second kappa shape index (κ2) is 3.66. The topological polar surface area (TPSA) is 70.1 Å². The largest absolute Gasteiger partial charge is 0.394 e. The van der Waals surface area contributed by atoms with Crippen LogP contribution < -0.4 is 10.6 Å². The maximum absolute atomic E-state index is 9.21. The van der Waals surface area contributed by atoms with Crippen molar-refractivity contribution >= 4 is 11.8 Å². The zero-order chi connectivity index (χ0) is 10.9. The van der Waals surface area contributed by atoms with E-state index in [0.29, 0.717) is 5.95 Å². The van der Waals surface area contributed by atoms with Gasteiger partial charge in [0.2, 0.25) is 5.95 Å². The highest BCUT2D eigenvalue weighted by Gasteiger charge is 2.42. The second-order valence-electron chi connectivity index (χ2n) is 4.04. The lowest BCUT2D eigenvalue weighted by Gasteiger charge is -2.16.